The van der Waals surface area contributed by atoms with Crippen LogP contribution in [0.2, 0.25) is 0 Å². The molecule has 182 valence electrons. The van der Waals surface area contributed by atoms with Crippen molar-refractivity contribution < 1.29 is 32.2 Å². The van der Waals surface area contributed by atoms with Gasteiger partial charge in [0, 0.05) is 41.3 Å². The number of aryl methyl sites for hydroxylation is 1. The number of benzene rings is 2. The first-order valence-electron chi connectivity index (χ1n) is 10.9. The van der Waals surface area contributed by atoms with Crippen molar-refractivity contribution in [3.8, 4) is 16.9 Å². The molecular formula is C25H27F3N2O4. The number of hydrogen-bond donors (Lipinski definition) is 1. The summed E-state index contributed by atoms with van der Waals surface area (Å²) in [6.45, 7) is 6.52. The van der Waals surface area contributed by atoms with Crippen LogP contribution in [0.25, 0.3) is 22.0 Å². The van der Waals surface area contributed by atoms with Crippen molar-refractivity contribution in [1.82, 2.24) is 9.88 Å². The number of aromatic nitrogens is 1. The average molecular weight is 476 g/mol. The normalized spacial score (nSPS) is 11.9. The number of carbonyl (C=O) groups is 2. The van der Waals surface area contributed by atoms with Crippen molar-refractivity contribution in [3.63, 3.8) is 0 Å². The third-order valence-electron chi connectivity index (χ3n) is 4.93. The van der Waals surface area contributed by atoms with Gasteiger partial charge in [0.05, 0.1) is 0 Å². The zero-order valence-corrected chi connectivity index (χ0v) is 19.2. The Hall–Kier alpha value is -3.49. The SMILES string of the molecule is CC(C)(C)OC(=O)NCCCCn1cc(-c2ccc(OC(F)(F)F)cc2)c2cc(C=O)ccc21. The van der Waals surface area contributed by atoms with Crippen LogP contribution in [-0.2, 0) is 11.3 Å². The number of hydrogen-bond acceptors (Lipinski definition) is 4. The number of unbranched alkanes of at least 4 members (excludes halogenated alkanes) is 1. The second-order valence-corrected chi connectivity index (χ2v) is 8.84. The molecule has 6 nitrogen and oxygen atoms in total. The summed E-state index contributed by atoms with van der Waals surface area (Å²) in [7, 11) is 0. The van der Waals surface area contributed by atoms with Crippen molar-refractivity contribution in [2.24, 2.45) is 0 Å². The summed E-state index contributed by atoms with van der Waals surface area (Å²) in [6.07, 6.45) is -1.05. The molecule has 0 spiro atoms. The van der Waals surface area contributed by atoms with E-state index < -0.39 is 18.1 Å². The van der Waals surface area contributed by atoms with E-state index in [2.05, 4.69) is 10.1 Å². The lowest BCUT2D eigenvalue weighted by atomic mass is 10.0. The van der Waals surface area contributed by atoms with E-state index in [0.29, 0.717) is 24.2 Å². The lowest BCUT2D eigenvalue weighted by Crippen LogP contribution is -2.33. The third-order valence-corrected chi connectivity index (χ3v) is 4.93. The van der Waals surface area contributed by atoms with Gasteiger partial charge < -0.3 is 19.4 Å². The van der Waals surface area contributed by atoms with Gasteiger partial charge in [-0.25, -0.2) is 4.79 Å². The van der Waals surface area contributed by atoms with Crippen LogP contribution in [0.15, 0.2) is 48.7 Å². The standard InChI is InChI=1S/C25H27F3N2O4/c1-24(2,3)34-23(32)29-12-4-5-13-30-15-21(20-14-17(16-31)6-11-22(20)30)18-7-9-19(10-8-18)33-25(26,27)28/h6-11,14-16H,4-5,12-13H2,1-3H3,(H,29,32). The Morgan fingerprint density at radius 1 is 1.06 bits per heavy atom. The third kappa shape index (κ3) is 7.00. The number of nitrogens with one attached hydrogen (secondary N) is 1. The maximum absolute atomic E-state index is 12.5. The maximum Gasteiger partial charge on any atom is 0.573 e. The number of amides is 1. The number of halogens is 3. The molecule has 0 unspecified atom stereocenters. The van der Waals surface area contributed by atoms with Crippen LogP contribution in [0.5, 0.6) is 5.75 Å². The highest BCUT2D eigenvalue weighted by Crippen LogP contribution is 2.33. The van der Waals surface area contributed by atoms with E-state index in [-0.39, 0.29) is 5.75 Å². The van der Waals surface area contributed by atoms with Gasteiger partial charge in [0.1, 0.15) is 17.6 Å². The van der Waals surface area contributed by atoms with Gasteiger partial charge in [-0.05, 0) is 69.5 Å². The molecule has 1 N–H and O–H groups in total. The number of rotatable bonds is 8. The van der Waals surface area contributed by atoms with Crippen LogP contribution in [0, 0.1) is 0 Å². The summed E-state index contributed by atoms with van der Waals surface area (Å²) in [5, 5.41) is 3.55. The fourth-order valence-corrected chi connectivity index (χ4v) is 3.55. The molecule has 0 bridgehead atoms. The first-order chi connectivity index (χ1) is 15.9. The highest BCUT2D eigenvalue weighted by Gasteiger charge is 2.31. The van der Waals surface area contributed by atoms with Crippen molar-refractivity contribution >= 4 is 23.3 Å². The van der Waals surface area contributed by atoms with Gasteiger partial charge in [0.25, 0.3) is 0 Å². The molecule has 0 saturated heterocycles. The average Bonchev–Trinajstić information content (AvgIpc) is 3.09. The Bertz CT molecular complexity index is 1150. The van der Waals surface area contributed by atoms with Crippen LogP contribution in [0.1, 0.15) is 44.0 Å². The topological polar surface area (TPSA) is 69.6 Å². The lowest BCUT2D eigenvalue weighted by Gasteiger charge is -2.19. The van der Waals surface area contributed by atoms with Crippen molar-refractivity contribution in [2.45, 2.75) is 52.1 Å². The highest BCUT2D eigenvalue weighted by molar-refractivity contribution is 5.98. The van der Waals surface area contributed by atoms with Crippen molar-refractivity contribution in [3.05, 3.63) is 54.2 Å². The number of alkyl carbamates (subject to hydrolysis) is 1. The van der Waals surface area contributed by atoms with Crippen LogP contribution >= 0.6 is 0 Å². The van der Waals surface area contributed by atoms with Crippen LogP contribution in [-0.4, -0.2) is 35.5 Å². The summed E-state index contributed by atoms with van der Waals surface area (Å²) in [4.78, 5) is 23.0. The fourth-order valence-electron chi connectivity index (χ4n) is 3.55. The van der Waals surface area contributed by atoms with E-state index in [9.17, 15) is 22.8 Å². The van der Waals surface area contributed by atoms with Gasteiger partial charge >= 0.3 is 12.5 Å². The molecule has 1 heterocycles. The Morgan fingerprint density at radius 2 is 1.76 bits per heavy atom. The lowest BCUT2D eigenvalue weighted by molar-refractivity contribution is -0.274. The van der Waals surface area contributed by atoms with E-state index in [1.807, 2.05) is 16.8 Å². The number of ether oxygens (including phenoxy) is 2. The minimum atomic E-state index is -4.76. The first kappa shape index (κ1) is 25.1. The van der Waals surface area contributed by atoms with E-state index in [1.54, 1.807) is 45.0 Å². The van der Waals surface area contributed by atoms with E-state index in [4.69, 9.17) is 4.74 Å². The molecule has 3 aromatic rings. The molecule has 0 aliphatic rings. The summed E-state index contributed by atoms with van der Waals surface area (Å²) >= 11 is 0. The number of alkyl halides is 3. The smallest absolute Gasteiger partial charge is 0.444 e. The second-order valence-electron chi connectivity index (χ2n) is 8.84. The molecular weight excluding hydrogens is 449 g/mol. The molecule has 34 heavy (non-hydrogen) atoms. The molecule has 0 radical (unpaired) electrons. The monoisotopic (exact) mass is 476 g/mol. The van der Waals surface area contributed by atoms with Gasteiger partial charge in [-0.1, -0.05) is 12.1 Å². The van der Waals surface area contributed by atoms with Gasteiger partial charge in [-0.3, -0.25) is 4.79 Å². The predicted octanol–water partition coefficient (Wildman–Crippen LogP) is 6.32. The summed E-state index contributed by atoms with van der Waals surface area (Å²) < 4.78 is 48.6. The van der Waals surface area contributed by atoms with Crippen molar-refractivity contribution in [2.75, 3.05) is 6.54 Å². The van der Waals surface area contributed by atoms with E-state index in [1.165, 1.54) is 12.1 Å². The van der Waals surface area contributed by atoms with Crippen LogP contribution < -0.4 is 10.1 Å². The number of fused-ring (bicyclic) bond motifs is 1. The van der Waals surface area contributed by atoms with Crippen LogP contribution in [0.4, 0.5) is 18.0 Å². The van der Waals surface area contributed by atoms with Gasteiger partial charge in [-0.15, -0.1) is 13.2 Å². The van der Waals surface area contributed by atoms with Gasteiger partial charge in [0.2, 0.25) is 0 Å². The minimum absolute atomic E-state index is 0.300. The Kier molecular flexibility index (Phi) is 7.54. The zero-order valence-electron chi connectivity index (χ0n) is 19.2. The summed E-state index contributed by atoms with van der Waals surface area (Å²) in [5.74, 6) is -0.300. The molecule has 9 heteroatoms. The molecule has 1 aromatic heterocycles. The minimum Gasteiger partial charge on any atom is -0.444 e. The summed E-state index contributed by atoms with van der Waals surface area (Å²) in [5.41, 5.74) is 2.35. The number of aldehydes is 1. The Morgan fingerprint density at radius 3 is 2.38 bits per heavy atom. The molecule has 0 aliphatic heterocycles. The molecule has 3 rings (SSSR count). The molecule has 0 atom stereocenters. The quantitative estimate of drug-likeness (QED) is 0.305. The highest BCUT2D eigenvalue weighted by atomic mass is 19.4. The van der Waals surface area contributed by atoms with E-state index in [0.717, 1.165) is 35.6 Å². The number of carbonyl (C=O) groups excluding carboxylic acids is 2. The predicted molar refractivity (Wildman–Crippen MR) is 123 cm³/mol. The molecule has 0 aliphatic carbocycles. The van der Waals surface area contributed by atoms with Crippen LogP contribution in [0.3, 0.4) is 0 Å². The maximum atomic E-state index is 12.5. The molecule has 0 saturated carbocycles. The van der Waals surface area contributed by atoms with Gasteiger partial charge in [0.15, 0.2) is 0 Å². The fraction of sp³-hybridized carbons (Fsp3) is 0.360. The Balaban J connectivity index is 1.74. The largest absolute Gasteiger partial charge is 0.573 e. The van der Waals surface area contributed by atoms with Crippen molar-refractivity contribution in [1.29, 1.82) is 0 Å². The molecule has 0 fully saturated rings. The molecule has 2 aromatic carbocycles. The Labute approximate surface area is 195 Å². The van der Waals surface area contributed by atoms with Gasteiger partial charge in [-0.2, -0.15) is 0 Å². The molecule has 1 amide bonds. The summed E-state index contributed by atoms with van der Waals surface area (Å²) in [6, 6.07) is 11.0. The second kappa shape index (κ2) is 10.2. The number of nitrogens with zero attached hydrogens (tertiary/aromatic N) is 1. The first-order valence-corrected chi connectivity index (χ1v) is 10.9. The van der Waals surface area contributed by atoms with E-state index >= 15 is 0 Å². The zero-order chi connectivity index (χ0) is 24.9.